The molecule has 1 saturated heterocycles. The van der Waals surface area contributed by atoms with Crippen molar-refractivity contribution in [2.24, 2.45) is 0 Å². The van der Waals surface area contributed by atoms with Gasteiger partial charge in [0, 0.05) is 0 Å². The maximum Gasteiger partial charge on any atom is 0.421 e. The van der Waals surface area contributed by atoms with Gasteiger partial charge in [-0.15, -0.1) is 0 Å². The molecular weight excluding hydrogens is 184 g/mol. The van der Waals surface area contributed by atoms with Gasteiger partial charge in [-0.3, -0.25) is 5.32 Å². The largest absolute Gasteiger partial charge is 0.421 e. The summed E-state index contributed by atoms with van der Waals surface area (Å²) in [6.07, 6.45) is 0.676. The molecule has 1 aliphatic heterocycles. The fourth-order valence-corrected chi connectivity index (χ4v) is 1.64. The first-order chi connectivity index (χ1) is 6.58. The number of aliphatic hydroxyl groups is 2. The number of carbonyl (C=O) groups is 1. The Morgan fingerprint density at radius 1 is 1.36 bits per heavy atom. The molecule has 0 saturated carbocycles. The fourth-order valence-electron chi connectivity index (χ4n) is 1.64. The van der Waals surface area contributed by atoms with Crippen LogP contribution >= 0.6 is 0 Å². The summed E-state index contributed by atoms with van der Waals surface area (Å²) in [5.74, 6) is 0. The van der Waals surface area contributed by atoms with Gasteiger partial charge in [0.05, 0.1) is 0 Å². The van der Waals surface area contributed by atoms with Crippen molar-refractivity contribution in [2.75, 3.05) is 13.1 Å². The van der Waals surface area contributed by atoms with E-state index in [-0.39, 0.29) is 17.6 Å². The van der Waals surface area contributed by atoms with Gasteiger partial charge >= 0.3 is 6.03 Å². The predicted octanol–water partition coefficient (Wildman–Crippen LogP) is -0.465. The smallest absolute Gasteiger partial charge is 0.366 e. The maximum absolute atomic E-state index is 11.5. The standard InChI is InChI=1S/C9H14N2O3/c1-3-5-11(6-4-2)8(13)7(12)10-9(11)14/h3-4,7-8,12-13H,1-2,5-6H2/p+1. The van der Waals surface area contributed by atoms with Gasteiger partial charge in [0.2, 0.25) is 12.5 Å². The number of nitrogens with zero attached hydrogens (tertiary/aromatic N) is 1. The van der Waals surface area contributed by atoms with E-state index in [4.69, 9.17) is 0 Å². The Bertz CT molecular complexity index is 255. The molecule has 78 valence electrons. The number of hydrogen-bond donors (Lipinski definition) is 3. The first-order valence-corrected chi connectivity index (χ1v) is 4.34. The van der Waals surface area contributed by atoms with Crippen molar-refractivity contribution in [1.29, 1.82) is 0 Å². The zero-order valence-electron chi connectivity index (χ0n) is 7.89. The van der Waals surface area contributed by atoms with E-state index in [0.717, 1.165) is 0 Å². The molecule has 5 nitrogen and oxygen atoms in total. The second-order valence-electron chi connectivity index (χ2n) is 3.28. The molecule has 1 rings (SSSR count). The lowest BCUT2D eigenvalue weighted by Gasteiger charge is -2.30. The number of quaternary nitrogens is 1. The first kappa shape index (κ1) is 10.9. The first-order valence-electron chi connectivity index (χ1n) is 4.34. The molecular formula is C9H15N2O3+. The van der Waals surface area contributed by atoms with Crippen LogP contribution in [0.5, 0.6) is 0 Å². The molecule has 5 heteroatoms. The Morgan fingerprint density at radius 2 is 1.86 bits per heavy atom. The van der Waals surface area contributed by atoms with Crippen LogP contribution in [0.1, 0.15) is 0 Å². The molecule has 0 aromatic heterocycles. The molecule has 2 atom stereocenters. The van der Waals surface area contributed by atoms with Crippen LogP contribution in [0.25, 0.3) is 0 Å². The zero-order chi connectivity index (χ0) is 10.8. The number of rotatable bonds is 4. The van der Waals surface area contributed by atoms with Crippen molar-refractivity contribution < 1.29 is 19.5 Å². The second kappa shape index (κ2) is 3.91. The van der Waals surface area contributed by atoms with Crippen LogP contribution in [0.2, 0.25) is 0 Å². The minimum atomic E-state index is -1.22. The van der Waals surface area contributed by atoms with E-state index in [2.05, 4.69) is 18.5 Å². The number of hydrogen-bond acceptors (Lipinski definition) is 3. The van der Waals surface area contributed by atoms with Gasteiger partial charge in [-0.1, -0.05) is 13.2 Å². The quantitative estimate of drug-likeness (QED) is 0.423. The second-order valence-corrected chi connectivity index (χ2v) is 3.28. The Balaban J connectivity index is 2.99. The fraction of sp³-hybridized carbons (Fsp3) is 0.444. The molecule has 1 aliphatic rings. The van der Waals surface area contributed by atoms with E-state index in [1.54, 1.807) is 0 Å². The molecule has 2 amide bonds. The van der Waals surface area contributed by atoms with Crippen molar-refractivity contribution in [3.05, 3.63) is 25.3 Å². The zero-order valence-corrected chi connectivity index (χ0v) is 7.89. The van der Waals surface area contributed by atoms with Gasteiger partial charge in [0.1, 0.15) is 13.1 Å². The third-order valence-corrected chi connectivity index (χ3v) is 2.37. The molecule has 0 radical (unpaired) electrons. The van der Waals surface area contributed by atoms with E-state index in [1.165, 1.54) is 12.2 Å². The van der Waals surface area contributed by atoms with Crippen LogP contribution in [0.4, 0.5) is 4.79 Å². The monoisotopic (exact) mass is 199 g/mol. The van der Waals surface area contributed by atoms with Crippen molar-refractivity contribution >= 4 is 6.03 Å². The summed E-state index contributed by atoms with van der Waals surface area (Å²) >= 11 is 0. The highest BCUT2D eigenvalue weighted by Gasteiger charge is 2.53. The average molecular weight is 199 g/mol. The predicted molar refractivity (Wildman–Crippen MR) is 50.9 cm³/mol. The van der Waals surface area contributed by atoms with Crippen LogP contribution in [0, 0.1) is 0 Å². The van der Waals surface area contributed by atoms with Crippen LogP contribution < -0.4 is 5.32 Å². The number of urea groups is 1. The van der Waals surface area contributed by atoms with E-state index in [0.29, 0.717) is 0 Å². The van der Waals surface area contributed by atoms with E-state index in [1.807, 2.05) is 0 Å². The normalized spacial score (nSPS) is 29.7. The molecule has 0 aliphatic carbocycles. The number of amides is 2. The van der Waals surface area contributed by atoms with Gasteiger partial charge in [-0.2, -0.15) is 0 Å². The van der Waals surface area contributed by atoms with Crippen molar-refractivity contribution in [3.8, 4) is 0 Å². The SMILES string of the molecule is C=CC[N+]1(CC=C)C(=O)NC(O)C1O. The van der Waals surface area contributed by atoms with Gasteiger partial charge in [0.15, 0.2) is 0 Å². The van der Waals surface area contributed by atoms with Gasteiger partial charge < -0.3 is 10.2 Å². The van der Waals surface area contributed by atoms with Crippen molar-refractivity contribution in [1.82, 2.24) is 5.32 Å². The Labute approximate surface area is 82.5 Å². The summed E-state index contributed by atoms with van der Waals surface area (Å²) in [6, 6.07) is -0.412. The van der Waals surface area contributed by atoms with Crippen molar-refractivity contribution in [3.63, 3.8) is 0 Å². The molecule has 0 spiro atoms. The van der Waals surface area contributed by atoms with Gasteiger partial charge in [-0.25, -0.2) is 9.28 Å². The van der Waals surface area contributed by atoms with Crippen molar-refractivity contribution in [2.45, 2.75) is 12.5 Å². The number of nitrogens with one attached hydrogen (secondary N) is 1. The molecule has 14 heavy (non-hydrogen) atoms. The number of carbonyl (C=O) groups excluding carboxylic acids is 1. The molecule has 1 fully saturated rings. The molecule has 0 aromatic rings. The van der Waals surface area contributed by atoms with Gasteiger partial charge in [0.25, 0.3) is 0 Å². The highest BCUT2D eigenvalue weighted by Crippen LogP contribution is 2.21. The lowest BCUT2D eigenvalue weighted by Crippen LogP contribution is -2.56. The summed E-state index contributed by atoms with van der Waals surface area (Å²) < 4.78 is -0.284. The summed E-state index contributed by atoms with van der Waals surface area (Å²) in [5, 5.41) is 21.2. The molecule has 1 heterocycles. The Morgan fingerprint density at radius 3 is 2.14 bits per heavy atom. The highest BCUT2D eigenvalue weighted by molar-refractivity contribution is 5.69. The summed E-state index contributed by atoms with van der Waals surface area (Å²) in [7, 11) is 0. The summed E-state index contributed by atoms with van der Waals surface area (Å²) in [5.41, 5.74) is 0. The van der Waals surface area contributed by atoms with E-state index in [9.17, 15) is 15.0 Å². The lowest BCUT2D eigenvalue weighted by molar-refractivity contribution is -0.881. The molecule has 2 unspecified atom stereocenters. The Hall–Kier alpha value is -1.17. The maximum atomic E-state index is 11.5. The molecule has 0 bridgehead atoms. The van der Waals surface area contributed by atoms with E-state index >= 15 is 0 Å². The summed E-state index contributed by atoms with van der Waals surface area (Å²) in [6.45, 7) is 7.57. The number of aliphatic hydroxyl groups excluding tert-OH is 2. The topological polar surface area (TPSA) is 69.6 Å². The molecule has 0 aromatic carbocycles. The van der Waals surface area contributed by atoms with Crippen LogP contribution in [0.3, 0.4) is 0 Å². The van der Waals surface area contributed by atoms with Crippen LogP contribution in [-0.2, 0) is 0 Å². The summed E-state index contributed by atoms with van der Waals surface area (Å²) in [4.78, 5) is 11.5. The van der Waals surface area contributed by atoms with Crippen LogP contribution in [-0.4, -0.2) is 46.3 Å². The molecule has 3 N–H and O–H groups in total. The third kappa shape index (κ3) is 1.45. The van der Waals surface area contributed by atoms with E-state index < -0.39 is 18.5 Å². The third-order valence-electron chi connectivity index (χ3n) is 2.37. The van der Waals surface area contributed by atoms with Crippen LogP contribution in [0.15, 0.2) is 25.3 Å². The minimum Gasteiger partial charge on any atom is -0.366 e. The average Bonchev–Trinajstić information content (AvgIpc) is 2.33. The van der Waals surface area contributed by atoms with Gasteiger partial charge in [-0.05, 0) is 12.2 Å². The Kier molecular flexibility index (Phi) is 3.05. The lowest BCUT2D eigenvalue weighted by atomic mass is 10.3. The minimum absolute atomic E-state index is 0.260. The highest BCUT2D eigenvalue weighted by atomic mass is 16.4.